The fourth-order valence-corrected chi connectivity index (χ4v) is 1.22. The fraction of sp³-hybridized carbons (Fsp3) is 0.889. The summed E-state index contributed by atoms with van der Waals surface area (Å²) < 4.78 is 0. The van der Waals surface area contributed by atoms with Gasteiger partial charge < -0.3 is 4.90 Å². The number of rotatable bonds is 6. The zero-order valence-corrected chi connectivity index (χ0v) is 7.84. The number of hydrogen-bond donors (Lipinski definition) is 0. The van der Waals surface area contributed by atoms with Crippen LogP contribution in [0.1, 0.15) is 40.0 Å². The Labute approximate surface area is 69.6 Å². The molecule has 0 spiro atoms. The van der Waals surface area contributed by atoms with Gasteiger partial charge in [-0.05, 0) is 19.8 Å². The lowest BCUT2D eigenvalue weighted by Crippen LogP contribution is -2.32. The average Bonchev–Trinajstić information content (AvgIpc) is 2.00. The van der Waals surface area contributed by atoms with E-state index in [0.717, 1.165) is 32.2 Å². The van der Waals surface area contributed by atoms with Crippen molar-refractivity contribution in [2.45, 2.75) is 46.1 Å². The zero-order chi connectivity index (χ0) is 8.69. The van der Waals surface area contributed by atoms with Gasteiger partial charge in [-0.3, -0.25) is 4.79 Å². The van der Waals surface area contributed by atoms with Crippen LogP contribution in [0.15, 0.2) is 0 Å². The standard InChI is InChI=1S/C9H19NO/c1-4-6-9(3)10(8-11)7-5-2/h8-9H,4-7H2,1-3H3. The first-order chi connectivity index (χ1) is 5.26. The lowest BCUT2D eigenvalue weighted by atomic mass is 10.2. The van der Waals surface area contributed by atoms with Gasteiger partial charge in [-0.25, -0.2) is 0 Å². The molecule has 0 aliphatic carbocycles. The third kappa shape index (κ3) is 4.02. The van der Waals surface area contributed by atoms with Gasteiger partial charge in [0.15, 0.2) is 0 Å². The van der Waals surface area contributed by atoms with E-state index >= 15 is 0 Å². The molecule has 2 heteroatoms. The summed E-state index contributed by atoms with van der Waals surface area (Å²) in [5.41, 5.74) is 0. The molecule has 0 radical (unpaired) electrons. The van der Waals surface area contributed by atoms with Crippen LogP contribution in [0.25, 0.3) is 0 Å². The van der Waals surface area contributed by atoms with E-state index in [1.165, 1.54) is 0 Å². The summed E-state index contributed by atoms with van der Waals surface area (Å²) in [6.07, 6.45) is 4.27. The van der Waals surface area contributed by atoms with E-state index in [9.17, 15) is 4.79 Å². The summed E-state index contributed by atoms with van der Waals surface area (Å²) in [6, 6.07) is 0.414. The van der Waals surface area contributed by atoms with Crippen LogP contribution in [0.5, 0.6) is 0 Å². The molecule has 1 amide bonds. The van der Waals surface area contributed by atoms with Gasteiger partial charge in [0.25, 0.3) is 0 Å². The Kier molecular flexibility index (Phi) is 5.90. The molecular weight excluding hydrogens is 138 g/mol. The van der Waals surface area contributed by atoms with Crippen LogP contribution >= 0.6 is 0 Å². The number of carbonyl (C=O) groups is 1. The highest BCUT2D eigenvalue weighted by atomic mass is 16.1. The highest BCUT2D eigenvalue weighted by Gasteiger charge is 2.07. The van der Waals surface area contributed by atoms with Crippen LogP contribution in [-0.4, -0.2) is 23.9 Å². The predicted octanol–water partition coefficient (Wildman–Crippen LogP) is 2.04. The molecule has 0 rings (SSSR count). The maximum Gasteiger partial charge on any atom is 0.209 e. The van der Waals surface area contributed by atoms with Crippen LogP contribution < -0.4 is 0 Å². The molecule has 1 unspecified atom stereocenters. The maximum absolute atomic E-state index is 10.5. The maximum atomic E-state index is 10.5. The van der Waals surface area contributed by atoms with Crippen molar-refractivity contribution >= 4 is 6.41 Å². The largest absolute Gasteiger partial charge is 0.343 e. The van der Waals surface area contributed by atoms with Crippen LogP contribution in [0.2, 0.25) is 0 Å². The van der Waals surface area contributed by atoms with Crippen molar-refractivity contribution in [3.05, 3.63) is 0 Å². The van der Waals surface area contributed by atoms with Gasteiger partial charge >= 0.3 is 0 Å². The van der Waals surface area contributed by atoms with Crippen LogP contribution in [0.3, 0.4) is 0 Å². The van der Waals surface area contributed by atoms with Crippen LogP contribution in [0, 0.1) is 0 Å². The highest BCUT2D eigenvalue weighted by Crippen LogP contribution is 2.04. The predicted molar refractivity (Wildman–Crippen MR) is 47.4 cm³/mol. The second kappa shape index (κ2) is 6.20. The summed E-state index contributed by atoms with van der Waals surface area (Å²) in [5.74, 6) is 0. The first-order valence-electron chi connectivity index (χ1n) is 4.47. The molecule has 0 aromatic rings. The minimum absolute atomic E-state index is 0.414. The summed E-state index contributed by atoms with van der Waals surface area (Å²) in [7, 11) is 0. The molecule has 0 heterocycles. The average molecular weight is 157 g/mol. The Bertz CT molecular complexity index is 104. The Morgan fingerprint density at radius 1 is 1.36 bits per heavy atom. The lowest BCUT2D eigenvalue weighted by molar-refractivity contribution is -0.120. The molecule has 2 nitrogen and oxygen atoms in total. The van der Waals surface area contributed by atoms with Gasteiger partial charge in [0.2, 0.25) is 6.41 Å². The molecule has 66 valence electrons. The van der Waals surface area contributed by atoms with Crippen LogP contribution in [0.4, 0.5) is 0 Å². The summed E-state index contributed by atoms with van der Waals surface area (Å²) >= 11 is 0. The third-order valence-electron chi connectivity index (χ3n) is 1.89. The van der Waals surface area contributed by atoms with Crippen molar-refractivity contribution in [1.29, 1.82) is 0 Å². The van der Waals surface area contributed by atoms with Gasteiger partial charge in [-0.15, -0.1) is 0 Å². The SMILES string of the molecule is CCCC(C)N(C=O)CCC. The number of hydrogen-bond acceptors (Lipinski definition) is 1. The van der Waals surface area contributed by atoms with Crippen molar-refractivity contribution in [2.75, 3.05) is 6.54 Å². The molecule has 0 fully saturated rings. The van der Waals surface area contributed by atoms with Crippen molar-refractivity contribution in [3.63, 3.8) is 0 Å². The molecule has 0 N–H and O–H groups in total. The van der Waals surface area contributed by atoms with Gasteiger partial charge in [-0.2, -0.15) is 0 Å². The molecule has 0 saturated heterocycles. The van der Waals surface area contributed by atoms with Gasteiger partial charge in [0, 0.05) is 12.6 Å². The monoisotopic (exact) mass is 157 g/mol. The molecule has 0 aromatic carbocycles. The van der Waals surface area contributed by atoms with Crippen molar-refractivity contribution in [2.24, 2.45) is 0 Å². The quantitative estimate of drug-likeness (QED) is 0.540. The number of carbonyl (C=O) groups excluding carboxylic acids is 1. The van der Waals surface area contributed by atoms with Gasteiger partial charge in [0.05, 0.1) is 0 Å². The molecule has 11 heavy (non-hydrogen) atoms. The number of amides is 1. The minimum atomic E-state index is 0.414. The third-order valence-corrected chi connectivity index (χ3v) is 1.89. The fourth-order valence-electron chi connectivity index (χ4n) is 1.22. The summed E-state index contributed by atoms with van der Waals surface area (Å²) in [4.78, 5) is 12.4. The molecule has 0 aliphatic heterocycles. The first-order valence-corrected chi connectivity index (χ1v) is 4.47. The van der Waals surface area contributed by atoms with Gasteiger partial charge in [-0.1, -0.05) is 20.3 Å². The first kappa shape index (κ1) is 10.5. The van der Waals surface area contributed by atoms with E-state index in [1.807, 2.05) is 4.90 Å². The molecule has 0 saturated carbocycles. The Morgan fingerprint density at radius 2 is 2.00 bits per heavy atom. The van der Waals surface area contributed by atoms with E-state index in [-0.39, 0.29) is 0 Å². The molecular formula is C9H19NO. The smallest absolute Gasteiger partial charge is 0.209 e. The topological polar surface area (TPSA) is 20.3 Å². The molecule has 0 bridgehead atoms. The zero-order valence-electron chi connectivity index (χ0n) is 7.84. The van der Waals surface area contributed by atoms with E-state index in [4.69, 9.17) is 0 Å². The summed E-state index contributed by atoms with van der Waals surface area (Å²) in [5, 5.41) is 0. The van der Waals surface area contributed by atoms with E-state index in [1.54, 1.807) is 0 Å². The van der Waals surface area contributed by atoms with Gasteiger partial charge in [0.1, 0.15) is 0 Å². The lowest BCUT2D eigenvalue weighted by Gasteiger charge is -2.23. The van der Waals surface area contributed by atoms with E-state index in [0.29, 0.717) is 6.04 Å². The summed E-state index contributed by atoms with van der Waals surface area (Å²) in [6.45, 7) is 7.23. The van der Waals surface area contributed by atoms with Crippen molar-refractivity contribution in [1.82, 2.24) is 4.90 Å². The molecule has 0 aromatic heterocycles. The second-order valence-corrected chi connectivity index (χ2v) is 2.98. The molecule has 1 atom stereocenters. The van der Waals surface area contributed by atoms with E-state index in [2.05, 4.69) is 20.8 Å². The molecule has 0 aliphatic rings. The van der Waals surface area contributed by atoms with Crippen molar-refractivity contribution in [3.8, 4) is 0 Å². The second-order valence-electron chi connectivity index (χ2n) is 2.98. The minimum Gasteiger partial charge on any atom is -0.343 e. The Hall–Kier alpha value is -0.530. The van der Waals surface area contributed by atoms with E-state index < -0.39 is 0 Å². The van der Waals surface area contributed by atoms with Crippen LogP contribution in [-0.2, 0) is 4.79 Å². The Balaban J connectivity index is 3.70. The van der Waals surface area contributed by atoms with Crippen molar-refractivity contribution < 1.29 is 4.79 Å². The Morgan fingerprint density at radius 3 is 2.36 bits per heavy atom. The normalized spacial score (nSPS) is 12.6. The number of nitrogens with zero attached hydrogens (tertiary/aromatic N) is 1. The highest BCUT2D eigenvalue weighted by molar-refractivity contribution is 5.47.